The van der Waals surface area contributed by atoms with Gasteiger partial charge in [0, 0.05) is 11.6 Å². The number of alkyl halides is 3. The molecular weight excluding hydrogens is 326 g/mol. The fourth-order valence-electron chi connectivity index (χ4n) is 1.73. The first kappa shape index (κ1) is 16.6. The van der Waals surface area contributed by atoms with Crippen LogP contribution in [-0.4, -0.2) is 10.8 Å². The summed E-state index contributed by atoms with van der Waals surface area (Å²) in [5.74, 6) is -2.03. The van der Waals surface area contributed by atoms with Gasteiger partial charge in [-0.25, -0.2) is 4.39 Å². The molecule has 0 aliphatic heterocycles. The van der Waals surface area contributed by atoms with Crippen molar-refractivity contribution in [1.82, 2.24) is 5.16 Å². The van der Waals surface area contributed by atoms with E-state index < -0.39 is 34.1 Å². The highest BCUT2D eigenvalue weighted by Crippen LogP contribution is 2.40. The second kappa shape index (κ2) is 5.46. The lowest BCUT2D eigenvalue weighted by molar-refractivity contribution is -0.155. The summed E-state index contributed by atoms with van der Waals surface area (Å²) in [5, 5.41) is 2.43. The summed E-state index contributed by atoms with van der Waals surface area (Å²) < 4.78 is 61.5. The zero-order chi connectivity index (χ0) is 16.7. The molecule has 0 spiro atoms. The molecule has 0 atom stereocenters. The summed E-state index contributed by atoms with van der Waals surface area (Å²) in [6.07, 6.45) is -4.80. The van der Waals surface area contributed by atoms with Crippen molar-refractivity contribution in [2.24, 2.45) is 0 Å². The molecule has 8 heteroatoms. The second-order valence-corrected chi connectivity index (χ2v) is 5.91. The molecule has 0 amide bonds. The number of ether oxygens (including phenoxy) is 1. The van der Waals surface area contributed by atoms with Crippen molar-refractivity contribution in [3.8, 4) is 17.0 Å². The highest BCUT2D eigenvalue weighted by Gasteiger charge is 2.40. The van der Waals surface area contributed by atoms with Gasteiger partial charge in [0.25, 0.3) is 5.76 Å². The molecule has 2 rings (SSSR count). The van der Waals surface area contributed by atoms with Gasteiger partial charge in [-0.15, -0.1) is 0 Å². The molecule has 0 unspecified atom stereocenters. The Morgan fingerprint density at radius 3 is 2.27 bits per heavy atom. The van der Waals surface area contributed by atoms with Crippen LogP contribution in [0.3, 0.4) is 0 Å². The highest BCUT2D eigenvalue weighted by molar-refractivity contribution is 6.33. The topological polar surface area (TPSA) is 35.3 Å². The third kappa shape index (κ3) is 3.52. The number of rotatable bonds is 2. The van der Waals surface area contributed by atoms with Crippen LogP contribution in [0.25, 0.3) is 11.3 Å². The van der Waals surface area contributed by atoms with Gasteiger partial charge in [0.05, 0.1) is 0 Å². The van der Waals surface area contributed by atoms with Gasteiger partial charge in [-0.05, 0) is 32.9 Å². The van der Waals surface area contributed by atoms with Gasteiger partial charge in [-0.3, -0.25) is 0 Å². The number of hydrogen-bond acceptors (Lipinski definition) is 3. The van der Waals surface area contributed by atoms with Crippen LogP contribution in [-0.2, 0) is 6.18 Å². The van der Waals surface area contributed by atoms with Gasteiger partial charge in [0.15, 0.2) is 0 Å². The van der Waals surface area contributed by atoms with Gasteiger partial charge in [-0.2, -0.15) is 13.2 Å². The second-order valence-electron chi connectivity index (χ2n) is 5.53. The Hall–Kier alpha value is -1.76. The van der Waals surface area contributed by atoms with Crippen molar-refractivity contribution in [2.75, 3.05) is 0 Å². The van der Waals surface area contributed by atoms with E-state index in [-0.39, 0.29) is 11.3 Å². The summed E-state index contributed by atoms with van der Waals surface area (Å²) in [7, 11) is 0. The maximum Gasteiger partial charge on any atom is 0.453 e. The monoisotopic (exact) mass is 337 g/mol. The smallest absolute Gasteiger partial charge is 0.453 e. The van der Waals surface area contributed by atoms with E-state index >= 15 is 0 Å². The predicted molar refractivity (Wildman–Crippen MR) is 72.3 cm³/mol. The van der Waals surface area contributed by atoms with Crippen LogP contribution in [0.4, 0.5) is 17.6 Å². The predicted octanol–water partition coefficient (Wildman–Crippen LogP) is 5.33. The molecule has 120 valence electrons. The minimum absolute atomic E-state index is 0.203. The van der Waals surface area contributed by atoms with Crippen molar-refractivity contribution in [3.05, 3.63) is 34.8 Å². The molecule has 1 aromatic carbocycles. The standard InChI is InChI=1S/C14H12ClF4NO2/c1-13(2,3)21-7-4-5-8(9(16)6-7)11-10(15)12(22-20-11)14(17,18)19/h4-6H,1-3H3. The zero-order valence-corrected chi connectivity index (χ0v) is 12.6. The van der Waals surface area contributed by atoms with Gasteiger partial charge < -0.3 is 9.26 Å². The summed E-state index contributed by atoms with van der Waals surface area (Å²) in [5.41, 5.74) is -1.15. The molecule has 0 radical (unpaired) electrons. The highest BCUT2D eigenvalue weighted by atomic mass is 35.5. The Labute approximate surface area is 128 Å². The van der Waals surface area contributed by atoms with Crippen LogP contribution >= 0.6 is 11.6 Å². The average Bonchev–Trinajstić information content (AvgIpc) is 2.69. The molecule has 0 aliphatic carbocycles. The lowest BCUT2D eigenvalue weighted by Crippen LogP contribution is -2.22. The fraction of sp³-hybridized carbons (Fsp3) is 0.357. The van der Waals surface area contributed by atoms with Crippen LogP contribution in [0.5, 0.6) is 5.75 Å². The quantitative estimate of drug-likeness (QED) is 0.695. The average molecular weight is 338 g/mol. The zero-order valence-electron chi connectivity index (χ0n) is 11.9. The number of nitrogens with zero attached hydrogens (tertiary/aromatic N) is 1. The molecule has 1 heterocycles. The molecule has 3 nitrogen and oxygen atoms in total. The third-order valence-corrected chi connectivity index (χ3v) is 2.86. The molecule has 0 bridgehead atoms. The van der Waals surface area contributed by atoms with Crippen LogP contribution in [0, 0.1) is 5.82 Å². The van der Waals surface area contributed by atoms with Crippen LogP contribution in [0.1, 0.15) is 26.5 Å². The van der Waals surface area contributed by atoms with Crippen molar-refractivity contribution in [2.45, 2.75) is 32.5 Å². The Bertz CT molecular complexity index is 689. The van der Waals surface area contributed by atoms with E-state index in [1.54, 1.807) is 20.8 Å². The van der Waals surface area contributed by atoms with E-state index in [0.29, 0.717) is 0 Å². The van der Waals surface area contributed by atoms with Crippen molar-refractivity contribution >= 4 is 11.6 Å². The van der Waals surface area contributed by atoms with E-state index in [2.05, 4.69) is 9.68 Å². The van der Waals surface area contributed by atoms with Crippen LogP contribution in [0.15, 0.2) is 22.7 Å². The Morgan fingerprint density at radius 1 is 1.18 bits per heavy atom. The summed E-state index contributed by atoms with van der Waals surface area (Å²) >= 11 is 5.59. The van der Waals surface area contributed by atoms with E-state index in [9.17, 15) is 17.6 Å². The maximum absolute atomic E-state index is 14.1. The van der Waals surface area contributed by atoms with Gasteiger partial charge in [0.2, 0.25) is 0 Å². The molecule has 0 saturated carbocycles. The van der Waals surface area contributed by atoms with Crippen LogP contribution < -0.4 is 4.74 Å². The van der Waals surface area contributed by atoms with Crippen molar-refractivity contribution in [3.63, 3.8) is 0 Å². The first-order valence-electron chi connectivity index (χ1n) is 6.20. The molecule has 0 aliphatic rings. The molecule has 1 aromatic heterocycles. The number of hydrogen-bond donors (Lipinski definition) is 0. The molecule has 0 N–H and O–H groups in total. The Morgan fingerprint density at radius 2 is 1.82 bits per heavy atom. The summed E-state index contributed by atoms with van der Waals surface area (Å²) in [6, 6.07) is 3.71. The van der Waals surface area contributed by atoms with E-state index in [1.807, 2.05) is 0 Å². The lowest BCUT2D eigenvalue weighted by Gasteiger charge is -2.21. The number of halogens is 5. The number of aromatic nitrogens is 1. The molecule has 22 heavy (non-hydrogen) atoms. The molecule has 2 aromatic rings. The van der Waals surface area contributed by atoms with Crippen molar-refractivity contribution in [1.29, 1.82) is 0 Å². The molecule has 0 saturated heterocycles. The summed E-state index contributed by atoms with van der Waals surface area (Å²) in [6.45, 7) is 5.34. The Balaban J connectivity index is 2.41. The molecule has 0 fully saturated rings. The van der Waals surface area contributed by atoms with E-state index in [4.69, 9.17) is 16.3 Å². The van der Waals surface area contributed by atoms with Crippen LogP contribution in [0.2, 0.25) is 5.02 Å². The van der Waals surface area contributed by atoms with Gasteiger partial charge in [0.1, 0.15) is 27.9 Å². The van der Waals surface area contributed by atoms with Crippen molar-refractivity contribution < 1.29 is 26.8 Å². The normalized spacial score (nSPS) is 12.5. The Kier molecular flexibility index (Phi) is 4.12. The largest absolute Gasteiger partial charge is 0.488 e. The first-order chi connectivity index (χ1) is 9.99. The summed E-state index contributed by atoms with van der Waals surface area (Å²) in [4.78, 5) is 0. The SMILES string of the molecule is CC(C)(C)Oc1ccc(-c2noc(C(F)(F)F)c2Cl)c(F)c1. The first-order valence-corrected chi connectivity index (χ1v) is 6.58. The minimum atomic E-state index is -4.80. The van der Waals surface area contributed by atoms with E-state index in [1.165, 1.54) is 12.1 Å². The minimum Gasteiger partial charge on any atom is -0.488 e. The lowest BCUT2D eigenvalue weighted by atomic mass is 10.1. The van der Waals surface area contributed by atoms with Gasteiger partial charge in [-0.1, -0.05) is 16.8 Å². The maximum atomic E-state index is 14.1. The van der Waals surface area contributed by atoms with E-state index in [0.717, 1.165) is 6.07 Å². The molecular formula is C14H12ClF4NO2. The third-order valence-electron chi connectivity index (χ3n) is 2.51. The van der Waals surface area contributed by atoms with Gasteiger partial charge >= 0.3 is 6.18 Å². The fourth-order valence-corrected chi connectivity index (χ4v) is 2.01. The number of benzene rings is 1.